The molecule has 0 aliphatic heterocycles. The van der Waals surface area contributed by atoms with Crippen LogP contribution < -0.4 is 11.1 Å². The van der Waals surface area contributed by atoms with Crippen LogP contribution in [0.1, 0.15) is 22.0 Å². The fourth-order valence-corrected chi connectivity index (χ4v) is 1.87. The van der Waals surface area contributed by atoms with E-state index in [0.29, 0.717) is 5.56 Å². The van der Waals surface area contributed by atoms with Gasteiger partial charge in [-0.2, -0.15) is 0 Å². The third kappa shape index (κ3) is 3.24. The summed E-state index contributed by atoms with van der Waals surface area (Å²) < 4.78 is 13.5. The van der Waals surface area contributed by atoms with Crippen molar-refractivity contribution in [2.24, 2.45) is 5.73 Å². The van der Waals surface area contributed by atoms with Gasteiger partial charge in [0.1, 0.15) is 17.4 Å². The van der Waals surface area contributed by atoms with Crippen molar-refractivity contribution < 1.29 is 19.1 Å². The topological polar surface area (TPSA) is 92.4 Å². The standard InChI is InChI=1S/C15H13FN2O3/c16-10-7-4-8-11(12(10)15(20)21)18-14(19)13(17)9-5-2-1-3-6-9/h1-8,13H,17H2,(H,18,19)(H,20,21). The molecule has 4 N–H and O–H groups in total. The van der Waals surface area contributed by atoms with Crippen LogP contribution in [0.5, 0.6) is 0 Å². The summed E-state index contributed by atoms with van der Waals surface area (Å²) in [6.45, 7) is 0. The van der Waals surface area contributed by atoms with Crippen LogP contribution >= 0.6 is 0 Å². The van der Waals surface area contributed by atoms with Crippen LogP contribution in [0.2, 0.25) is 0 Å². The Hall–Kier alpha value is -2.73. The first kappa shape index (κ1) is 14.7. The SMILES string of the molecule is NC(C(=O)Nc1cccc(F)c1C(=O)O)c1ccccc1. The maximum Gasteiger partial charge on any atom is 0.340 e. The monoisotopic (exact) mass is 288 g/mol. The molecular weight excluding hydrogens is 275 g/mol. The Bertz CT molecular complexity index is 674. The molecule has 6 heteroatoms. The van der Waals surface area contributed by atoms with E-state index in [1.165, 1.54) is 12.1 Å². The van der Waals surface area contributed by atoms with Crippen molar-refractivity contribution >= 4 is 17.6 Å². The number of carboxylic acids is 1. The molecule has 21 heavy (non-hydrogen) atoms. The second-order valence-electron chi connectivity index (χ2n) is 4.35. The van der Waals surface area contributed by atoms with Crippen LogP contribution in [-0.4, -0.2) is 17.0 Å². The summed E-state index contributed by atoms with van der Waals surface area (Å²) in [6.07, 6.45) is 0. The zero-order valence-corrected chi connectivity index (χ0v) is 10.9. The summed E-state index contributed by atoms with van der Waals surface area (Å²) in [5.41, 5.74) is 5.65. The number of nitrogens with two attached hydrogens (primary N) is 1. The van der Waals surface area contributed by atoms with E-state index in [1.807, 2.05) is 0 Å². The number of carbonyl (C=O) groups is 2. The summed E-state index contributed by atoms with van der Waals surface area (Å²) in [4.78, 5) is 23.1. The van der Waals surface area contributed by atoms with E-state index >= 15 is 0 Å². The molecule has 1 amide bonds. The van der Waals surface area contributed by atoms with Crippen molar-refractivity contribution in [3.05, 3.63) is 65.5 Å². The third-order valence-electron chi connectivity index (χ3n) is 2.93. The molecule has 0 heterocycles. The molecule has 0 saturated carbocycles. The van der Waals surface area contributed by atoms with Crippen molar-refractivity contribution in [1.29, 1.82) is 0 Å². The Balaban J connectivity index is 2.25. The number of amides is 1. The van der Waals surface area contributed by atoms with E-state index in [1.54, 1.807) is 30.3 Å². The lowest BCUT2D eigenvalue weighted by Gasteiger charge is -2.14. The van der Waals surface area contributed by atoms with Gasteiger partial charge >= 0.3 is 5.97 Å². The first-order valence-corrected chi connectivity index (χ1v) is 6.14. The molecule has 5 nitrogen and oxygen atoms in total. The number of carboxylic acid groups (broad SMARTS) is 1. The first-order valence-electron chi connectivity index (χ1n) is 6.14. The molecule has 2 rings (SSSR count). The largest absolute Gasteiger partial charge is 0.478 e. The lowest BCUT2D eigenvalue weighted by molar-refractivity contribution is -0.117. The molecule has 1 unspecified atom stereocenters. The molecule has 0 fully saturated rings. The van der Waals surface area contributed by atoms with Crippen LogP contribution in [0.3, 0.4) is 0 Å². The highest BCUT2D eigenvalue weighted by Gasteiger charge is 2.20. The lowest BCUT2D eigenvalue weighted by atomic mass is 10.1. The van der Waals surface area contributed by atoms with Gasteiger partial charge in [0, 0.05) is 0 Å². The van der Waals surface area contributed by atoms with E-state index in [4.69, 9.17) is 10.8 Å². The molecule has 0 aliphatic carbocycles. The average Bonchev–Trinajstić information content (AvgIpc) is 2.47. The Kier molecular flexibility index (Phi) is 4.30. The highest BCUT2D eigenvalue weighted by atomic mass is 19.1. The van der Waals surface area contributed by atoms with Crippen LogP contribution in [0.25, 0.3) is 0 Å². The van der Waals surface area contributed by atoms with Gasteiger partial charge in [-0.1, -0.05) is 36.4 Å². The van der Waals surface area contributed by atoms with Gasteiger partial charge in [0.05, 0.1) is 5.69 Å². The molecular formula is C15H13FN2O3. The minimum atomic E-state index is -1.46. The van der Waals surface area contributed by atoms with Gasteiger partial charge in [0.2, 0.25) is 5.91 Å². The van der Waals surface area contributed by atoms with Crippen molar-refractivity contribution in [3.63, 3.8) is 0 Å². The van der Waals surface area contributed by atoms with Crippen molar-refractivity contribution in [1.82, 2.24) is 0 Å². The van der Waals surface area contributed by atoms with Crippen molar-refractivity contribution in [3.8, 4) is 0 Å². The van der Waals surface area contributed by atoms with Crippen LogP contribution in [-0.2, 0) is 4.79 Å². The minimum absolute atomic E-state index is 0.126. The van der Waals surface area contributed by atoms with E-state index in [9.17, 15) is 14.0 Å². The number of hydrogen-bond acceptors (Lipinski definition) is 3. The summed E-state index contributed by atoms with van der Waals surface area (Å²) in [5, 5.41) is 11.3. The average molecular weight is 288 g/mol. The van der Waals surface area contributed by atoms with Gasteiger partial charge in [-0.05, 0) is 17.7 Å². The molecule has 2 aromatic rings. The van der Waals surface area contributed by atoms with E-state index in [0.717, 1.165) is 6.07 Å². The number of anilines is 1. The highest BCUT2D eigenvalue weighted by Crippen LogP contribution is 2.20. The Morgan fingerprint density at radius 2 is 1.76 bits per heavy atom. The normalized spacial score (nSPS) is 11.7. The van der Waals surface area contributed by atoms with E-state index in [2.05, 4.69) is 5.32 Å². The molecule has 0 bridgehead atoms. The van der Waals surface area contributed by atoms with E-state index < -0.39 is 29.3 Å². The molecule has 108 valence electrons. The maximum absolute atomic E-state index is 13.5. The van der Waals surface area contributed by atoms with Gasteiger partial charge in [-0.15, -0.1) is 0 Å². The zero-order chi connectivity index (χ0) is 15.4. The van der Waals surface area contributed by atoms with Crippen LogP contribution in [0, 0.1) is 5.82 Å². The number of benzene rings is 2. The van der Waals surface area contributed by atoms with Gasteiger partial charge in [0.25, 0.3) is 0 Å². The molecule has 0 aliphatic rings. The van der Waals surface area contributed by atoms with Gasteiger partial charge in [0.15, 0.2) is 0 Å². The summed E-state index contributed by atoms with van der Waals surface area (Å²) in [7, 11) is 0. The number of hydrogen-bond donors (Lipinski definition) is 3. The summed E-state index contributed by atoms with van der Waals surface area (Å²) in [6, 6.07) is 11.2. The lowest BCUT2D eigenvalue weighted by Crippen LogP contribution is -2.28. The molecule has 0 spiro atoms. The number of carbonyl (C=O) groups excluding carboxylic acids is 1. The fraction of sp³-hybridized carbons (Fsp3) is 0.0667. The number of aromatic carboxylic acids is 1. The maximum atomic E-state index is 13.5. The van der Waals surface area contributed by atoms with Crippen molar-refractivity contribution in [2.75, 3.05) is 5.32 Å². The second-order valence-corrected chi connectivity index (χ2v) is 4.35. The predicted octanol–water partition coefficient (Wildman–Crippen LogP) is 2.16. The molecule has 1 atom stereocenters. The highest BCUT2D eigenvalue weighted by molar-refractivity contribution is 6.02. The van der Waals surface area contributed by atoms with Gasteiger partial charge in [-0.3, -0.25) is 4.79 Å². The van der Waals surface area contributed by atoms with Gasteiger partial charge in [-0.25, -0.2) is 9.18 Å². The number of halogens is 1. The quantitative estimate of drug-likeness (QED) is 0.803. The summed E-state index contributed by atoms with van der Waals surface area (Å²) in [5.74, 6) is -3.00. The van der Waals surface area contributed by atoms with Gasteiger partial charge < -0.3 is 16.2 Å². The molecule has 0 radical (unpaired) electrons. The van der Waals surface area contributed by atoms with Crippen molar-refractivity contribution in [2.45, 2.75) is 6.04 Å². The predicted molar refractivity (Wildman–Crippen MR) is 75.4 cm³/mol. The van der Waals surface area contributed by atoms with E-state index in [-0.39, 0.29) is 5.69 Å². The third-order valence-corrected chi connectivity index (χ3v) is 2.93. The zero-order valence-electron chi connectivity index (χ0n) is 10.9. The molecule has 0 aromatic heterocycles. The first-order chi connectivity index (χ1) is 10.0. The summed E-state index contributed by atoms with van der Waals surface area (Å²) >= 11 is 0. The Labute approximate surface area is 120 Å². The smallest absolute Gasteiger partial charge is 0.340 e. The Morgan fingerprint density at radius 3 is 2.38 bits per heavy atom. The van der Waals surface area contributed by atoms with Crippen LogP contribution in [0.15, 0.2) is 48.5 Å². The van der Waals surface area contributed by atoms with Crippen LogP contribution in [0.4, 0.5) is 10.1 Å². The number of nitrogens with one attached hydrogen (secondary N) is 1. The molecule has 0 saturated heterocycles. The molecule has 2 aromatic carbocycles. The second kappa shape index (κ2) is 6.15. The number of rotatable bonds is 4. The Morgan fingerprint density at radius 1 is 1.10 bits per heavy atom. The minimum Gasteiger partial charge on any atom is -0.478 e. The fourth-order valence-electron chi connectivity index (χ4n) is 1.87.